The molecule has 0 saturated heterocycles. The summed E-state index contributed by atoms with van der Waals surface area (Å²) in [6, 6.07) is 1.98. The molecule has 1 N–H and O–H groups in total. The lowest BCUT2D eigenvalue weighted by Gasteiger charge is -2.22. The summed E-state index contributed by atoms with van der Waals surface area (Å²) >= 11 is 1.40. The molecular formula is C15H20N2O3S. The first-order valence-electron chi connectivity index (χ1n) is 7.14. The molecule has 1 heterocycles. The van der Waals surface area contributed by atoms with E-state index in [2.05, 4.69) is 9.53 Å². The highest BCUT2D eigenvalue weighted by Crippen LogP contribution is 2.36. The highest BCUT2D eigenvalue weighted by Gasteiger charge is 2.32. The summed E-state index contributed by atoms with van der Waals surface area (Å²) in [5.41, 5.74) is 1.81. The Bertz CT molecular complexity index is 589. The van der Waals surface area contributed by atoms with Gasteiger partial charge in [-0.3, -0.25) is 4.79 Å². The summed E-state index contributed by atoms with van der Waals surface area (Å²) in [5, 5.41) is 14.2. The van der Waals surface area contributed by atoms with Crippen LogP contribution in [0.1, 0.15) is 49.6 Å². The number of hydrogen-bond donors (Lipinski definition) is 1. The number of Topliss-reactive ketones (excluding diaryl/α,β-unsaturated/α-hetero) is 1. The molecule has 0 fully saturated rings. The molecule has 0 spiro atoms. The van der Waals surface area contributed by atoms with Crippen LogP contribution in [-0.4, -0.2) is 27.6 Å². The van der Waals surface area contributed by atoms with Gasteiger partial charge < -0.3 is 9.94 Å². The summed E-state index contributed by atoms with van der Waals surface area (Å²) < 4.78 is 4.24. The van der Waals surface area contributed by atoms with Crippen molar-refractivity contribution in [3.8, 4) is 0 Å². The number of rotatable bonds is 5. The molecule has 2 rings (SSSR count). The van der Waals surface area contributed by atoms with Gasteiger partial charge in [-0.15, -0.1) is 0 Å². The Morgan fingerprint density at radius 2 is 2.29 bits per heavy atom. The number of oxime groups is 1. The smallest absolute Gasteiger partial charge is 0.168 e. The lowest BCUT2D eigenvalue weighted by atomic mass is 9.84. The van der Waals surface area contributed by atoms with Crippen LogP contribution in [0.15, 0.2) is 22.6 Å². The first kappa shape index (κ1) is 15.7. The molecule has 114 valence electrons. The molecule has 0 bridgehead atoms. The van der Waals surface area contributed by atoms with E-state index in [9.17, 15) is 9.90 Å². The molecular weight excluding hydrogens is 288 g/mol. The fourth-order valence-corrected chi connectivity index (χ4v) is 3.27. The van der Waals surface area contributed by atoms with Crippen molar-refractivity contribution in [3.05, 3.63) is 28.0 Å². The van der Waals surface area contributed by atoms with E-state index in [0.29, 0.717) is 37.2 Å². The molecule has 1 aromatic heterocycles. The number of ketones is 1. The van der Waals surface area contributed by atoms with Gasteiger partial charge in [0.25, 0.3) is 0 Å². The molecule has 1 atom stereocenters. The highest BCUT2D eigenvalue weighted by atomic mass is 32.1. The first-order chi connectivity index (χ1) is 10.1. The van der Waals surface area contributed by atoms with Gasteiger partial charge in [-0.05, 0) is 37.9 Å². The Morgan fingerprint density at radius 3 is 2.81 bits per heavy atom. The van der Waals surface area contributed by atoms with E-state index in [1.807, 2.05) is 26.8 Å². The average molecular weight is 308 g/mol. The number of allylic oxidation sites excluding steroid dienone is 2. The molecule has 0 radical (unpaired) electrons. The minimum absolute atomic E-state index is 0.0117. The van der Waals surface area contributed by atoms with Crippen LogP contribution in [0.25, 0.3) is 0 Å². The molecule has 1 aliphatic carbocycles. The molecule has 5 nitrogen and oxygen atoms in total. The maximum atomic E-state index is 12.4. The molecule has 0 aromatic carbocycles. The number of nitrogens with zero attached hydrogens (tertiary/aromatic N) is 2. The van der Waals surface area contributed by atoms with Crippen molar-refractivity contribution in [2.24, 2.45) is 5.16 Å². The van der Waals surface area contributed by atoms with Gasteiger partial charge in [-0.1, -0.05) is 12.1 Å². The second kappa shape index (κ2) is 6.85. The van der Waals surface area contributed by atoms with E-state index in [4.69, 9.17) is 4.84 Å². The van der Waals surface area contributed by atoms with E-state index in [-0.39, 0.29) is 17.5 Å². The maximum Gasteiger partial charge on any atom is 0.168 e. The molecule has 0 aliphatic heterocycles. The van der Waals surface area contributed by atoms with Crippen LogP contribution in [0.4, 0.5) is 0 Å². The van der Waals surface area contributed by atoms with Crippen molar-refractivity contribution >= 4 is 23.0 Å². The van der Waals surface area contributed by atoms with Crippen LogP contribution in [0.3, 0.4) is 0 Å². The second-order valence-corrected chi connectivity index (χ2v) is 5.87. The molecule has 6 heteroatoms. The van der Waals surface area contributed by atoms with Gasteiger partial charge in [0.15, 0.2) is 5.78 Å². The van der Waals surface area contributed by atoms with Gasteiger partial charge in [-0.25, -0.2) is 0 Å². The van der Waals surface area contributed by atoms with Crippen molar-refractivity contribution in [2.75, 3.05) is 6.61 Å². The van der Waals surface area contributed by atoms with Gasteiger partial charge in [0, 0.05) is 23.6 Å². The molecule has 1 aliphatic rings. The third-order valence-corrected chi connectivity index (χ3v) is 4.46. The van der Waals surface area contributed by atoms with Crippen molar-refractivity contribution in [1.82, 2.24) is 4.37 Å². The molecule has 0 amide bonds. The van der Waals surface area contributed by atoms with Crippen molar-refractivity contribution in [3.63, 3.8) is 0 Å². The predicted molar refractivity (Wildman–Crippen MR) is 82.8 cm³/mol. The largest absolute Gasteiger partial charge is 0.511 e. The number of carbonyl (C=O) groups excluding carboxylic acids is 1. The average Bonchev–Trinajstić information content (AvgIpc) is 2.88. The number of hydrogen-bond acceptors (Lipinski definition) is 6. The summed E-state index contributed by atoms with van der Waals surface area (Å²) in [5.74, 6) is 0.0513. The summed E-state index contributed by atoms with van der Waals surface area (Å²) in [6.45, 7) is 6.09. The van der Waals surface area contributed by atoms with E-state index in [0.717, 1.165) is 10.6 Å². The summed E-state index contributed by atoms with van der Waals surface area (Å²) in [7, 11) is 0. The third-order valence-electron chi connectivity index (χ3n) is 3.41. The van der Waals surface area contributed by atoms with Crippen molar-refractivity contribution in [2.45, 2.75) is 46.0 Å². The first-order valence-corrected chi connectivity index (χ1v) is 7.91. The van der Waals surface area contributed by atoms with Crippen molar-refractivity contribution < 1.29 is 14.7 Å². The third kappa shape index (κ3) is 3.50. The molecule has 0 saturated carbocycles. The van der Waals surface area contributed by atoms with Crippen molar-refractivity contribution in [1.29, 1.82) is 0 Å². The van der Waals surface area contributed by atoms with E-state index in [1.54, 1.807) is 0 Å². The van der Waals surface area contributed by atoms with E-state index in [1.165, 1.54) is 11.5 Å². The molecule has 21 heavy (non-hydrogen) atoms. The Balaban J connectivity index is 2.26. The van der Waals surface area contributed by atoms with Gasteiger partial charge in [-0.2, -0.15) is 4.37 Å². The zero-order valence-corrected chi connectivity index (χ0v) is 13.4. The van der Waals surface area contributed by atoms with Crippen LogP contribution >= 0.6 is 11.5 Å². The summed E-state index contributed by atoms with van der Waals surface area (Å²) in [4.78, 5) is 18.5. The Morgan fingerprint density at radius 1 is 1.52 bits per heavy atom. The zero-order chi connectivity index (χ0) is 15.4. The van der Waals surface area contributed by atoms with Crippen LogP contribution in [0.5, 0.6) is 0 Å². The fourth-order valence-electron chi connectivity index (χ4n) is 2.43. The van der Waals surface area contributed by atoms with Crippen LogP contribution in [-0.2, 0) is 9.63 Å². The van der Waals surface area contributed by atoms with Gasteiger partial charge in [0.1, 0.15) is 12.4 Å². The minimum Gasteiger partial charge on any atom is -0.511 e. The van der Waals surface area contributed by atoms with Gasteiger partial charge in [0.2, 0.25) is 0 Å². The van der Waals surface area contributed by atoms with Crippen LogP contribution in [0, 0.1) is 6.92 Å². The van der Waals surface area contributed by atoms with Crippen LogP contribution in [0.2, 0.25) is 0 Å². The molecule has 1 aromatic rings. The standard InChI is InChI=1S/C15H20N2O3S/c1-4-11(16-20-5-2)15-12(18)7-10(8-13(15)19)14-6-9(3)17-21-14/h6,10,18H,4-5,7-8H2,1-3H3. The number of aliphatic hydroxyl groups excluding tert-OH is 1. The normalized spacial score (nSPS) is 20.0. The van der Waals surface area contributed by atoms with Crippen LogP contribution < -0.4 is 0 Å². The highest BCUT2D eigenvalue weighted by molar-refractivity contribution is 7.05. The van der Waals surface area contributed by atoms with E-state index < -0.39 is 0 Å². The lowest BCUT2D eigenvalue weighted by molar-refractivity contribution is -0.116. The predicted octanol–water partition coefficient (Wildman–Crippen LogP) is 3.51. The maximum absolute atomic E-state index is 12.4. The topological polar surface area (TPSA) is 71.8 Å². The fraction of sp³-hybridized carbons (Fsp3) is 0.533. The zero-order valence-electron chi connectivity index (χ0n) is 12.5. The van der Waals surface area contributed by atoms with Gasteiger partial charge in [0.05, 0.1) is 17.0 Å². The Kier molecular flexibility index (Phi) is 5.12. The SMILES string of the molecule is CCON=C(CC)C1=C(O)CC(c2cc(C)ns2)CC1=O. The quantitative estimate of drug-likeness (QED) is 0.667. The number of carbonyl (C=O) groups is 1. The lowest BCUT2D eigenvalue weighted by Crippen LogP contribution is -2.23. The number of aliphatic hydroxyl groups is 1. The Hall–Kier alpha value is -1.69. The summed E-state index contributed by atoms with van der Waals surface area (Å²) in [6.07, 6.45) is 1.38. The second-order valence-electron chi connectivity index (χ2n) is 5.03. The number of aryl methyl sites for hydroxylation is 1. The monoisotopic (exact) mass is 308 g/mol. The molecule has 1 unspecified atom stereocenters. The Labute approximate surface area is 128 Å². The van der Waals surface area contributed by atoms with E-state index >= 15 is 0 Å². The minimum atomic E-state index is -0.0740. The number of aromatic nitrogens is 1. The van der Waals surface area contributed by atoms with Gasteiger partial charge >= 0.3 is 0 Å².